The fourth-order valence-electron chi connectivity index (χ4n) is 3.58. The van der Waals surface area contributed by atoms with Crippen molar-refractivity contribution in [2.24, 2.45) is 5.73 Å². The minimum atomic E-state index is -0.0770. The predicted molar refractivity (Wildman–Crippen MR) is 83.8 cm³/mol. The van der Waals surface area contributed by atoms with E-state index in [4.69, 9.17) is 15.2 Å². The van der Waals surface area contributed by atoms with Gasteiger partial charge in [-0.05, 0) is 44.9 Å². The minimum Gasteiger partial charge on any atom is -0.497 e. The number of hydrogen-bond donors (Lipinski definition) is 1. The summed E-state index contributed by atoms with van der Waals surface area (Å²) in [7, 11) is 1.68. The summed E-state index contributed by atoms with van der Waals surface area (Å²) in [6, 6.07) is 6.61. The lowest BCUT2D eigenvalue weighted by Gasteiger charge is -2.47. The van der Waals surface area contributed by atoms with Crippen LogP contribution in [0.25, 0.3) is 0 Å². The van der Waals surface area contributed by atoms with Gasteiger partial charge in [0.05, 0.1) is 7.11 Å². The highest BCUT2D eigenvalue weighted by Crippen LogP contribution is 2.44. The maximum atomic E-state index is 6.42. The molecule has 3 rings (SSSR count). The van der Waals surface area contributed by atoms with Gasteiger partial charge in [0.15, 0.2) is 0 Å². The van der Waals surface area contributed by atoms with Gasteiger partial charge < -0.3 is 20.1 Å². The van der Waals surface area contributed by atoms with Crippen LogP contribution in [0.3, 0.4) is 0 Å². The third-order valence-corrected chi connectivity index (χ3v) is 4.97. The second-order valence-electron chi connectivity index (χ2n) is 6.63. The molecular formula is C17H26N2O2. The molecule has 1 atom stereocenters. The fraction of sp³-hybridized carbons (Fsp3) is 0.647. The standard InChI is InChI=1S/C17H26N2O2/c1-12(2)19-8-6-17(7-9-19)11-15(18)14-10-13(20-3)4-5-16(14)21-17/h4-5,10,12,15H,6-9,11,18H2,1-3H3/t15-/m1/s1. The van der Waals surface area contributed by atoms with Gasteiger partial charge in [0, 0.05) is 37.2 Å². The Hall–Kier alpha value is -1.26. The van der Waals surface area contributed by atoms with E-state index in [2.05, 4.69) is 18.7 Å². The van der Waals surface area contributed by atoms with Gasteiger partial charge in [0.1, 0.15) is 17.1 Å². The van der Waals surface area contributed by atoms with Crippen LogP contribution in [0.15, 0.2) is 18.2 Å². The van der Waals surface area contributed by atoms with Crippen molar-refractivity contribution in [2.45, 2.75) is 50.8 Å². The Kier molecular flexibility index (Phi) is 3.84. The third kappa shape index (κ3) is 2.74. The van der Waals surface area contributed by atoms with E-state index in [0.29, 0.717) is 6.04 Å². The Morgan fingerprint density at radius 2 is 2.05 bits per heavy atom. The number of nitrogens with two attached hydrogens (primary N) is 1. The fourth-order valence-corrected chi connectivity index (χ4v) is 3.58. The molecule has 1 spiro atoms. The molecule has 4 heteroatoms. The summed E-state index contributed by atoms with van der Waals surface area (Å²) in [5.74, 6) is 1.78. The van der Waals surface area contributed by atoms with Gasteiger partial charge in [-0.15, -0.1) is 0 Å². The van der Waals surface area contributed by atoms with Crippen LogP contribution in [0.5, 0.6) is 11.5 Å². The van der Waals surface area contributed by atoms with Crippen molar-refractivity contribution in [1.29, 1.82) is 0 Å². The number of benzene rings is 1. The molecule has 2 aliphatic rings. The van der Waals surface area contributed by atoms with Crippen molar-refractivity contribution in [3.63, 3.8) is 0 Å². The molecule has 2 N–H and O–H groups in total. The maximum Gasteiger partial charge on any atom is 0.125 e. The molecule has 2 heterocycles. The van der Waals surface area contributed by atoms with E-state index in [1.165, 1.54) is 0 Å². The van der Waals surface area contributed by atoms with E-state index in [0.717, 1.165) is 49.4 Å². The summed E-state index contributed by atoms with van der Waals surface area (Å²) in [6.45, 7) is 6.70. The van der Waals surface area contributed by atoms with Gasteiger partial charge in [-0.25, -0.2) is 0 Å². The lowest BCUT2D eigenvalue weighted by atomic mass is 9.80. The normalized spacial score (nSPS) is 24.7. The van der Waals surface area contributed by atoms with Crippen LogP contribution < -0.4 is 15.2 Å². The molecule has 2 aliphatic heterocycles. The summed E-state index contributed by atoms with van der Waals surface area (Å²) >= 11 is 0. The van der Waals surface area contributed by atoms with Gasteiger partial charge >= 0.3 is 0 Å². The molecule has 21 heavy (non-hydrogen) atoms. The topological polar surface area (TPSA) is 47.7 Å². The predicted octanol–water partition coefficient (Wildman–Crippen LogP) is 2.72. The van der Waals surface area contributed by atoms with Crippen LogP contribution in [-0.2, 0) is 0 Å². The summed E-state index contributed by atoms with van der Waals surface area (Å²) in [6.07, 6.45) is 3.02. The zero-order chi connectivity index (χ0) is 15.0. The Balaban J connectivity index is 1.79. The first kappa shape index (κ1) is 14.7. The molecule has 0 aromatic heterocycles. The number of methoxy groups -OCH3 is 1. The van der Waals surface area contributed by atoms with E-state index in [1.54, 1.807) is 7.11 Å². The molecule has 0 unspecified atom stereocenters. The molecule has 0 radical (unpaired) electrons. The summed E-state index contributed by atoms with van der Waals surface area (Å²) in [4.78, 5) is 2.52. The van der Waals surface area contributed by atoms with E-state index < -0.39 is 0 Å². The Bertz CT molecular complexity index is 508. The molecule has 0 bridgehead atoms. The monoisotopic (exact) mass is 290 g/mol. The zero-order valence-corrected chi connectivity index (χ0v) is 13.3. The average Bonchev–Trinajstić information content (AvgIpc) is 2.47. The minimum absolute atomic E-state index is 0.0365. The highest BCUT2D eigenvalue weighted by Gasteiger charge is 2.42. The number of ether oxygens (including phenoxy) is 2. The number of rotatable bonds is 2. The molecule has 1 aromatic carbocycles. The van der Waals surface area contributed by atoms with Gasteiger partial charge in [0.25, 0.3) is 0 Å². The first-order valence-electron chi connectivity index (χ1n) is 7.89. The smallest absolute Gasteiger partial charge is 0.125 e. The molecule has 1 saturated heterocycles. The van der Waals surface area contributed by atoms with Crippen molar-refractivity contribution >= 4 is 0 Å². The SMILES string of the molecule is COc1ccc2c(c1)[C@H](N)CC1(CCN(C(C)C)CC1)O2. The molecule has 0 aliphatic carbocycles. The van der Waals surface area contributed by atoms with Crippen LogP contribution in [0.4, 0.5) is 0 Å². The summed E-state index contributed by atoms with van der Waals surface area (Å²) < 4.78 is 11.7. The highest BCUT2D eigenvalue weighted by molar-refractivity contribution is 5.44. The van der Waals surface area contributed by atoms with Crippen molar-refractivity contribution in [3.8, 4) is 11.5 Å². The molecule has 4 nitrogen and oxygen atoms in total. The molecule has 116 valence electrons. The Morgan fingerprint density at radius 3 is 2.67 bits per heavy atom. The van der Waals surface area contributed by atoms with Gasteiger partial charge in [-0.1, -0.05) is 0 Å². The van der Waals surface area contributed by atoms with Gasteiger partial charge in [0.2, 0.25) is 0 Å². The average molecular weight is 290 g/mol. The molecule has 0 saturated carbocycles. The van der Waals surface area contributed by atoms with E-state index >= 15 is 0 Å². The summed E-state index contributed by atoms with van der Waals surface area (Å²) in [5, 5.41) is 0. The van der Waals surface area contributed by atoms with Crippen LogP contribution in [-0.4, -0.2) is 36.7 Å². The Morgan fingerprint density at radius 1 is 1.33 bits per heavy atom. The largest absolute Gasteiger partial charge is 0.497 e. The number of nitrogens with zero attached hydrogens (tertiary/aromatic N) is 1. The van der Waals surface area contributed by atoms with E-state index in [9.17, 15) is 0 Å². The number of fused-ring (bicyclic) bond motifs is 1. The van der Waals surface area contributed by atoms with Crippen molar-refractivity contribution in [1.82, 2.24) is 4.90 Å². The number of piperidine rings is 1. The lowest BCUT2D eigenvalue weighted by molar-refractivity contribution is -0.0279. The maximum absolute atomic E-state index is 6.42. The zero-order valence-electron chi connectivity index (χ0n) is 13.3. The first-order valence-corrected chi connectivity index (χ1v) is 7.89. The highest BCUT2D eigenvalue weighted by atomic mass is 16.5. The van der Waals surface area contributed by atoms with Gasteiger partial charge in [-0.3, -0.25) is 0 Å². The van der Waals surface area contributed by atoms with Crippen LogP contribution in [0, 0.1) is 0 Å². The van der Waals surface area contributed by atoms with Crippen LogP contribution >= 0.6 is 0 Å². The molecule has 0 amide bonds. The number of likely N-dealkylation sites (tertiary alicyclic amines) is 1. The van der Waals surface area contributed by atoms with Gasteiger partial charge in [-0.2, -0.15) is 0 Å². The second-order valence-corrected chi connectivity index (χ2v) is 6.63. The van der Waals surface area contributed by atoms with Crippen LogP contribution in [0.2, 0.25) is 0 Å². The lowest BCUT2D eigenvalue weighted by Crippen LogP contribution is -2.52. The quantitative estimate of drug-likeness (QED) is 0.910. The second kappa shape index (κ2) is 5.50. The van der Waals surface area contributed by atoms with Crippen molar-refractivity contribution < 1.29 is 9.47 Å². The molecular weight excluding hydrogens is 264 g/mol. The summed E-state index contributed by atoms with van der Waals surface area (Å²) in [5.41, 5.74) is 7.42. The number of hydrogen-bond acceptors (Lipinski definition) is 4. The van der Waals surface area contributed by atoms with Crippen molar-refractivity contribution in [2.75, 3.05) is 20.2 Å². The van der Waals surface area contributed by atoms with Crippen LogP contribution in [0.1, 0.15) is 44.7 Å². The first-order chi connectivity index (χ1) is 10.0. The van der Waals surface area contributed by atoms with E-state index in [-0.39, 0.29) is 11.6 Å². The Labute approximate surface area is 127 Å². The molecule has 1 aromatic rings. The third-order valence-electron chi connectivity index (χ3n) is 4.97. The molecule has 1 fully saturated rings. The van der Waals surface area contributed by atoms with E-state index in [1.807, 2.05) is 18.2 Å². The van der Waals surface area contributed by atoms with Crippen molar-refractivity contribution in [3.05, 3.63) is 23.8 Å².